The van der Waals surface area contributed by atoms with Crippen molar-refractivity contribution in [3.63, 3.8) is 0 Å². The van der Waals surface area contributed by atoms with E-state index in [0.29, 0.717) is 32.3 Å². The zero-order chi connectivity index (χ0) is 25.1. The van der Waals surface area contributed by atoms with E-state index in [9.17, 15) is 14.4 Å². The minimum Gasteiger partial charge on any atom is -0.296 e. The van der Waals surface area contributed by atoms with Gasteiger partial charge in [-0.1, -0.05) is 59.6 Å². The Bertz CT molecular complexity index is 2030. The van der Waals surface area contributed by atoms with E-state index in [0.717, 1.165) is 4.57 Å². The lowest BCUT2D eigenvalue weighted by atomic mass is 10.1. The van der Waals surface area contributed by atoms with Crippen LogP contribution in [0.3, 0.4) is 0 Å². The van der Waals surface area contributed by atoms with Gasteiger partial charge in [0, 0.05) is 12.4 Å². The fraction of sp³-hybridized carbons (Fsp3) is 0.0370. The highest BCUT2D eigenvalue weighted by atomic mass is 35.5. The van der Waals surface area contributed by atoms with E-state index in [1.807, 2.05) is 6.07 Å². The number of para-hydroxylation sites is 2. The van der Waals surface area contributed by atoms with Crippen molar-refractivity contribution in [2.75, 3.05) is 0 Å². The second-order valence-corrected chi connectivity index (χ2v) is 9.15. The Hall–Kier alpha value is -4.20. The summed E-state index contributed by atoms with van der Waals surface area (Å²) in [6.07, 6.45) is 0. The average Bonchev–Trinajstić information content (AvgIpc) is 2.88. The molecule has 3 heterocycles. The Morgan fingerprint density at radius 3 is 1.94 bits per heavy atom. The molecule has 0 unspecified atom stereocenters. The van der Waals surface area contributed by atoms with Gasteiger partial charge in [0.1, 0.15) is 11.0 Å². The molecular weight excluding hydrogens is 499 g/mol. The van der Waals surface area contributed by atoms with Gasteiger partial charge in [0.15, 0.2) is 0 Å². The van der Waals surface area contributed by atoms with Gasteiger partial charge in [-0.15, -0.1) is 0 Å². The first-order valence-electron chi connectivity index (χ1n) is 11.0. The van der Waals surface area contributed by atoms with Crippen LogP contribution in [0, 0.1) is 0 Å². The molecule has 176 valence electrons. The predicted molar refractivity (Wildman–Crippen MR) is 143 cm³/mol. The molecule has 36 heavy (non-hydrogen) atoms. The van der Waals surface area contributed by atoms with E-state index < -0.39 is 16.8 Å². The minimum atomic E-state index is -0.602. The Morgan fingerprint density at radius 1 is 0.722 bits per heavy atom. The van der Waals surface area contributed by atoms with Crippen molar-refractivity contribution in [2.24, 2.45) is 7.05 Å². The van der Waals surface area contributed by atoms with Crippen LogP contribution in [-0.4, -0.2) is 18.7 Å². The summed E-state index contributed by atoms with van der Waals surface area (Å²) >= 11 is 12.4. The van der Waals surface area contributed by atoms with Gasteiger partial charge < -0.3 is 0 Å². The minimum absolute atomic E-state index is 0.132. The first-order valence-corrected chi connectivity index (χ1v) is 11.7. The number of nitrogens with zero attached hydrogens (tertiary/aromatic N) is 4. The number of aryl methyl sites for hydroxylation is 1. The smallest absolute Gasteiger partial charge is 0.296 e. The molecule has 3 aromatic heterocycles. The Morgan fingerprint density at radius 2 is 1.31 bits per heavy atom. The molecule has 0 atom stereocenters. The largest absolute Gasteiger partial charge is 0.341 e. The van der Waals surface area contributed by atoms with Crippen LogP contribution in [0.15, 0.2) is 93.2 Å². The van der Waals surface area contributed by atoms with Crippen molar-refractivity contribution in [2.45, 2.75) is 0 Å². The summed E-state index contributed by atoms with van der Waals surface area (Å²) in [6.45, 7) is 0. The molecule has 0 amide bonds. The average molecular weight is 515 g/mol. The second-order valence-electron chi connectivity index (χ2n) is 8.34. The van der Waals surface area contributed by atoms with Gasteiger partial charge in [-0.3, -0.25) is 14.2 Å². The van der Waals surface area contributed by atoms with Crippen LogP contribution in [0.4, 0.5) is 0 Å². The number of aromatic nitrogens is 4. The van der Waals surface area contributed by atoms with E-state index in [2.05, 4.69) is 4.98 Å². The van der Waals surface area contributed by atoms with Gasteiger partial charge in [-0.2, -0.15) is 0 Å². The molecule has 0 saturated heterocycles. The van der Waals surface area contributed by atoms with Crippen molar-refractivity contribution in [3.8, 4) is 11.4 Å². The van der Waals surface area contributed by atoms with Gasteiger partial charge in [0.25, 0.3) is 11.1 Å². The topological polar surface area (TPSA) is 78.9 Å². The molecule has 6 aromatic rings. The highest BCUT2D eigenvalue weighted by Crippen LogP contribution is 2.30. The van der Waals surface area contributed by atoms with Crippen LogP contribution < -0.4 is 16.8 Å². The fourth-order valence-electron chi connectivity index (χ4n) is 4.54. The van der Waals surface area contributed by atoms with E-state index in [-0.39, 0.29) is 21.9 Å². The lowest BCUT2D eigenvalue weighted by Gasteiger charge is -2.18. The summed E-state index contributed by atoms with van der Waals surface area (Å²) < 4.78 is 3.78. The molecule has 0 fully saturated rings. The molecule has 7 nitrogen and oxygen atoms in total. The van der Waals surface area contributed by atoms with Crippen LogP contribution in [0.25, 0.3) is 44.2 Å². The third-order valence-electron chi connectivity index (χ3n) is 6.21. The monoisotopic (exact) mass is 514 g/mol. The molecule has 6 rings (SSSR count). The number of pyridine rings is 2. The number of halogens is 2. The van der Waals surface area contributed by atoms with Crippen molar-refractivity contribution >= 4 is 56.0 Å². The Labute approximate surface area is 213 Å². The van der Waals surface area contributed by atoms with Crippen LogP contribution in [0.2, 0.25) is 10.0 Å². The highest BCUT2D eigenvalue weighted by Gasteiger charge is 2.23. The molecule has 0 aliphatic rings. The predicted octanol–water partition coefficient (Wildman–Crippen LogP) is 4.85. The Kier molecular flexibility index (Phi) is 5.07. The van der Waals surface area contributed by atoms with Gasteiger partial charge in [0.2, 0.25) is 0 Å². The first kappa shape index (κ1) is 22.3. The number of rotatable bonds is 2. The summed E-state index contributed by atoms with van der Waals surface area (Å²) in [5.41, 5.74) is 0.106. The SMILES string of the molecule is Cn1c(=O)c2cc3cc(Cl)c(Cl)cc3nc2c2c(=O)n(-c3ccccc3)c(=O)n(-c3ccccc3)c21. The highest BCUT2D eigenvalue weighted by molar-refractivity contribution is 6.42. The molecule has 0 spiro atoms. The third-order valence-corrected chi connectivity index (χ3v) is 6.93. The second kappa shape index (κ2) is 8.19. The van der Waals surface area contributed by atoms with E-state index >= 15 is 0 Å². The van der Waals surface area contributed by atoms with Gasteiger partial charge in [0.05, 0.1) is 37.8 Å². The summed E-state index contributed by atoms with van der Waals surface area (Å²) in [7, 11) is 1.54. The number of hydrogen-bond acceptors (Lipinski definition) is 4. The molecule has 0 N–H and O–H groups in total. The lowest BCUT2D eigenvalue weighted by Crippen LogP contribution is -2.40. The zero-order valence-electron chi connectivity index (χ0n) is 18.8. The number of benzene rings is 3. The normalized spacial score (nSPS) is 11.5. The van der Waals surface area contributed by atoms with Crippen molar-refractivity contribution in [1.29, 1.82) is 0 Å². The molecule has 9 heteroatoms. The van der Waals surface area contributed by atoms with E-state index in [4.69, 9.17) is 23.2 Å². The van der Waals surface area contributed by atoms with Gasteiger partial charge in [-0.05, 0) is 42.5 Å². The van der Waals surface area contributed by atoms with E-state index in [1.54, 1.807) is 72.8 Å². The summed E-state index contributed by atoms with van der Waals surface area (Å²) in [6, 6.07) is 22.4. The molecule has 0 aliphatic heterocycles. The van der Waals surface area contributed by atoms with Gasteiger partial charge >= 0.3 is 5.69 Å². The van der Waals surface area contributed by atoms with Crippen molar-refractivity contribution in [3.05, 3.63) is 120 Å². The standard InChI is InChI=1S/C27H16Cl2N4O3/c1-31-24-22(23-18(25(31)34)12-15-13-19(28)20(29)14-21(15)30-23)26(35)33(17-10-6-3-7-11-17)27(36)32(24)16-8-4-2-5-9-16/h2-14H,1H3. The number of fused-ring (bicyclic) bond motifs is 4. The molecule has 0 radical (unpaired) electrons. The van der Waals surface area contributed by atoms with E-state index in [1.165, 1.54) is 16.2 Å². The quantitative estimate of drug-likeness (QED) is 0.244. The van der Waals surface area contributed by atoms with Crippen LogP contribution in [0.5, 0.6) is 0 Å². The van der Waals surface area contributed by atoms with Crippen LogP contribution in [0.1, 0.15) is 0 Å². The number of hydrogen-bond donors (Lipinski definition) is 0. The third kappa shape index (κ3) is 3.21. The Balaban J connectivity index is 1.93. The maximum Gasteiger partial charge on any atom is 0.341 e. The van der Waals surface area contributed by atoms with Crippen LogP contribution >= 0.6 is 23.2 Å². The molecule has 0 saturated carbocycles. The molecular formula is C27H16Cl2N4O3. The summed E-state index contributed by atoms with van der Waals surface area (Å²) in [5, 5.41) is 1.59. The van der Waals surface area contributed by atoms with Crippen molar-refractivity contribution in [1.82, 2.24) is 18.7 Å². The fourth-order valence-corrected chi connectivity index (χ4v) is 4.87. The summed E-state index contributed by atoms with van der Waals surface area (Å²) in [4.78, 5) is 46.1. The van der Waals surface area contributed by atoms with Crippen LogP contribution in [-0.2, 0) is 7.05 Å². The summed E-state index contributed by atoms with van der Waals surface area (Å²) in [5.74, 6) is 0. The molecule has 3 aromatic carbocycles. The molecule has 0 aliphatic carbocycles. The zero-order valence-corrected chi connectivity index (χ0v) is 20.3. The maximum absolute atomic E-state index is 14.0. The lowest BCUT2D eigenvalue weighted by molar-refractivity contribution is 0.787. The maximum atomic E-state index is 14.0. The van der Waals surface area contributed by atoms with Gasteiger partial charge in [-0.25, -0.2) is 18.9 Å². The van der Waals surface area contributed by atoms with Crippen molar-refractivity contribution < 1.29 is 0 Å². The molecule has 0 bridgehead atoms. The first-order chi connectivity index (χ1) is 17.4.